The van der Waals surface area contributed by atoms with Gasteiger partial charge < -0.3 is 14.4 Å². The Bertz CT molecular complexity index is 763. The molecule has 7 nitrogen and oxygen atoms in total. The second kappa shape index (κ2) is 10.4. The number of ether oxygens (including phenoxy) is 2. The van der Waals surface area contributed by atoms with Gasteiger partial charge in [-0.15, -0.1) is 0 Å². The summed E-state index contributed by atoms with van der Waals surface area (Å²) in [6.07, 6.45) is 3.60. The molecule has 0 bridgehead atoms. The lowest BCUT2D eigenvalue weighted by molar-refractivity contribution is -0.134. The van der Waals surface area contributed by atoms with Gasteiger partial charge in [-0.1, -0.05) is 18.2 Å². The van der Waals surface area contributed by atoms with Crippen LogP contribution in [0.25, 0.3) is 0 Å². The number of piperidine rings is 1. The van der Waals surface area contributed by atoms with E-state index in [1.165, 1.54) is 11.0 Å². The molecular formula is C23H32FN3O4. The Kier molecular flexibility index (Phi) is 7.40. The smallest absolute Gasteiger partial charge is 0.410 e. The summed E-state index contributed by atoms with van der Waals surface area (Å²) in [5.74, 6) is 0.203. The van der Waals surface area contributed by atoms with E-state index in [-0.39, 0.29) is 24.4 Å². The second-order valence-corrected chi connectivity index (χ2v) is 8.78. The average Bonchev–Trinajstić information content (AvgIpc) is 3.42. The summed E-state index contributed by atoms with van der Waals surface area (Å²) >= 11 is 0. The van der Waals surface area contributed by atoms with Crippen LogP contribution in [0.5, 0.6) is 0 Å². The number of cyclic esters (lactones) is 1. The van der Waals surface area contributed by atoms with Gasteiger partial charge >= 0.3 is 6.09 Å². The summed E-state index contributed by atoms with van der Waals surface area (Å²) < 4.78 is 24.7. The third-order valence-electron chi connectivity index (χ3n) is 6.51. The quantitative estimate of drug-likeness (QED) is 0.630. The first kappa shape index (κ1) is 22.0. The fourth-order valence-corrected chi connectivity index (χ4v) is 4.65. The third kappa shape index (κ3) is 5.95. The molecule has 4 rings (SSSR count). The lowest BCUT2D eigenvalue weighted by Crippen LogP contribution is -2.47. The van der Waals surface area contributed by atoms with Crippen LogP contribution in [-0.2, 0) is 20.8 Å². The van der Waals surface area contributed by atoms with E-state index in [1.807, 2.05) is 17.0 Å². The molecule has 2 amide bonds. The minimum absolute atomic E-state index is 0.0388. The lowest BCUT2D eigenvalue weighted by Gasteiger charge is -2.36. The monoisotopic (exact) mass is 433 g/mol. The van der Waals surface area contributed by atoms with E-state index >= 15 is 0 Å². The number of hydrogen-bond acceptors (Lipinski definition) is 5. The molecule has 0 spiro atoms. The van der Waals surface area contributed by atoms with E-state index < -0.39 is 6.09 Å². The maximum atomic E-state index is 14.0. The number of carbonyl (C=O) groups excluding carboxylic acids is 2. The van der Waals surface area contributed by atoms with Gasteiger partial charge in [-0.25, -0.2) is 9.18 Å². The number of amides is 2. The molecule has 0 radical (unpaired) electrons. The standard InChI is InChI=1S/C23H32FN3O4/c24-21-6-2-1-4-19(21)15-25-9-7-18(8-10-25)14-27(16-20-5-3-12-30-20)22(28)17-26-11-13-31-23(26)29/h1-2,4,6,18,20H,3,5,7-17H2/t20-/m0/s1. The highest BCUT2D eigenvalue weighted by Crippen LogP contribution is 2.23. The van der Waals surface area contributed by atoms with Crippen molar-refractivity contribution in [2.45, 2.75) is 38.3 Å². The Balaban J connectivity index is 1.30. The molecule has 31 heavy (non-hydrogen) atoms. The summed E-state index contributed by atoms with van der Waals surface area (Å²) in [6.45, 7) is 5.28. The molecule has 3 fully saturated rings. The van der Waals surface area contributed by atoms with Crippen molar-refractivity contribution >= 4 is 12.0 Å². The number of hydrogen-bond donors (Lipinski definition) is 0. The number of rotatable bonds is 8. The Hall–Kier alpha value is -2.19. The van der Waals surface area contributed by atoms with Crippen molar-refractivity contribution in [2.75, 3.05) is 52.5 Å². The number of carbonyl (C=O) groups is 2. The van der Waals surface area contributed by atoms with Crippen molar-refractivity contribution in [2.24, 2.45) is 5.92 Å². The highest BCUT2D eigenvalue weighted by molar-refractivity contribution is 5.83. The minimum Gasteiger partial charge on any atom is -0.448 e. The average molecular weight is 434 g/mol. The van der Waals surface area contributed by atoms with E-state index in [0.29, 0.717) is 38.7 Å². The summed E-state index contributed by atoms with van der Waals surface area (Å²) in [5.41, 5.74) is 0.730. The fourth-order valence-electron chi connectivity index (χ4n) is 4.65. The van der Waals surface area contributed by atoms with Gasteiger partial charge in [0.25, 0.3) is 0 Å². The van der Waals surface area contributed by atoms with Gasteiger partial charge in [-0.3, -0.25) is 14.6 Å². The molecular weight excluding hydrogens is 401 g/mol. The van der Waals surface area contributed by atoms with E-state index in [1.54, 1.807) is 6.07 Å². The van der Waals surface area contributed by atoms with Crippen LogP contribution in [0.1, 0.15) is 31.2 Å². The highest BCUT2D eigenvalue weighted by Gasteiger charge is 2.31. The number of nitrogens with zero attached hydrogens (tertiary/aromatic N) is 3. The molecule has 1 aromatic rings. The summed E-state index contributed by atoms with van der Waals surface area (Å²) in [5, 5.41) is 0. The molecule has 3 aliphatic heterocycles. The van der Waals surface area contributed by atoms with Crippen molar-refractivity contribution in [1.82, 2.24) is 14.7 Å². The van der Waals surface area contributed by atoms with Crippen molar-refractivity contribution in [3.8, 4) is 0 Å². The van der Waals surface area contributed by atoms with Crippen LogP contribution in [0, 0.1) is 11.7 Å². The largest absolute Gasteiger partial charge is 0.448 e. The molecule has 0 N–H and O–H groups in total. The molecule has 3 aliphatic rings. The van der Waals surface area contributed by atoms with Crippen molar-refractivity contribution < 1.29 is 23.5 Å². The maximum absolute atomic E-state index is 14.0. The number of benzene rings is 1. The van der Waals surface area contributed by atoms with Crippen LogP contribution >= 0.6 is 0 Å². The highest BCUT2D eigenvalue weighted by atomic mass is 19.1. The first-order valence-electron chi connectivity index (χ1n) is 11.4. The zero-order chi connectivity index (χ0) is 21.6. The van der Waals surface area contributed by atoms with Crippen molar-refractivity contribution in [3.05, 3.63) is 35.6 Å². The zero-order valence-corrected chi connectivity index (χ0v) is 18.0. The molecule has 0 aromatic heterocycles. The van der Waals surface area contributed by atoms with Gasteiger partial charge in [0.1, 0.15) is 19.0 Å². The molecule has 3 saturated heterocycles. The Morgan fingerprint density at radius 2 is 1.90 bits per heavy atom. The maximum Gasteiger partial charge on any atom is 0.410 e. The molecule has 0 saturated carbocycles. The minimum atomic E-state index is -0.410. The van der Waals surface area contributed by atoms with Gasteiger partial charge in [-0.2, -0.15) is 0 Å². The van der Waals surface area contributed by atoms with Crippen LogP contribution < -0.4 is 0 Å². The van der Waals surface area contributed by atoms with Crippen LogP contribution in [0.2, 0.25) is 0 Å². The van der Waals surface area contributed by atoms with Crippen molar-refractivity contribution in [3.63, 3.8) is 0 Å². The first-order chi connectivity index (χ1) is 15.1. The summed E-state index contributed by atoms with van der Waals surface area (Å²) in [4.78, 5) is 30.4. The van der Waals surface area contributed by atoms with Gasteiger partial charge in [-0.05, 0) is 50.8 Å². The van der Waals surface area contributed by atoms with Crippen LogP contribution in [-0.4, -0.2) is 85.3 Å². The number of likely N-dealkylation sites (tertiary alicyclic amines) is 1. The molecule has 1 aromatic carbocycles. The second-order valence-electron chi connectivity index (χ2n) is 8.78. The van der Waals surface area contributed by atoms with Crippen LogP contribution in [0.3, 0.4) is 0 Å². The van der Waals surface area contributed by atoms with E-state index in [2.05, 4.69) is 4.90 Å². The molecule has 0 aliphatic carbocycles. The Morgan fingerprint density at radius 1 is 1.10 bits per heavy atom. The normalized spacial score (nSPS) is 22.7. The predicted octanol–water partition coefficient (Wildman–Crippen LogP) is 2.50. The van der Waals surface area contributed by atoms with Crippen LogP contribution in [0.4, 0.5) is 9.18 Å². The van der Waals surface area contributed by atoms with Gasteiger partial charge in [0.15, 0.2) is 0 Å². The molecule has 3 heterocycles. The van der Waals surface area contributed by atoms with Crippen LogP contribution in [0.15, 0.2) is 24.3 Å². The molecule has 1 atom stereocenters. The fraction of sp³-hybridized carbons (Fsp3) is 0.652. The molecule has 170 valence electrons. The van der Waals surface area contributed by atoms with E-state index in [9.17, 15) is 14.0 Å². The van der Waals surface area contributed by atoms with Crippen molar-refractivity contribution in [1.29, 1.82) is 0 Å². The third-order valence-corrected chi connectivity index (χ3v) is 6.51. The lowest BCUT2D eigenvalue weighted by atomic mass is 9.95. The SMILES string of the molecule is O=C(CN1CCOC1=O)N(CC1CCN(Cc2ccccc2F)CC1)C[C@@H]1CCCO1. The Morgan fingerprint density at radius 3 is 2.58 bits per heavy atom. The summed E-state index contributed by atoms with van der Waals surface area (Å²) in [7, 11) is 0. The topological polar surface area (TPSA) is 62.3 Å². The van der Waals surface area contributed by atoms with E-state index in [0.717, 1.165) is 50.9 Å². The zero-order valence-electron chi connectivity index (χ0n) is 18.0. The number of halogens is 1. The molecule has 8 heteroatoms. The predicted molar refractivity (Wildman–Crippen MR) is 113 cm³/mol. The van der Waals surface area contributed by atoms with Gasteiger partial charge in [0.05, 0.1) is 12.6 Å². The van der Waals surface area contributed by atoms with E-state index in [4.69, 9.17) is 9.47 Å². The van der Waals surface area contributed by atoms with Gasteiger partial charge in [0, 0.05) is 31.8 Å². The summed E-state index contributed by atoms with van der Waals surface area (Å²) in [6, 6.07) is 6.93. The Labute approximate surface area is 183 Å². The molecule has 0 unspecified atom stereocenters. The first-order valence-corrected chi connectivity index (χ1v) is 11.4. The van der Waals surface area contributed by atoms with Gasteiger partial charge in [0.2, 0.25) is 5.91 Å².